The first-order chi connectivity index (χ1) is 14.3. The van der Waals surface area contributed by atoms with Gasteiger partial charge in [0.25, 0.3) is 5.56 Å². The summed E-state index contributed by atoms with van der Waals surface area (Å²) in [6, 6.07) is 6.68. The summed E-state index contributed by atoms with van der Waals surface area (Å²) in [6.45, 7) is 8.89. The third-order valence-corrected chi connectivity index (χ3v) is 6.35. The Morgan fingerprint density at radius 3 is 2.57 bits per heavy atom. The number of H-pyrrole nitrogens is 1. The molecule has 1 fully saturated rings. The Morgan fingerprint density at radius 2 is 1.87 bits per heavy atom. The maximum absolute atomic E-state index is 13.1. The lowest BCUT2D eigenvalue weighted by atomic mass is 9.99. The molecule has 1 aliphatic rings. The first-order valence-electron chi connectivity index (χ1n) is 10.7. The number of pyridine rings is 1. The molecule has 158 valence electrons. The van der Waals surface area contributed by atoms with E-state index >= 15 is 0 Å². The second-order valence-electron chi connectivity index (χ2n) is 8.66. The standard InChI is InChI=1S/C24H30N4O2/c1-14-11-15(2)13-18(12-14)20-7-6-10-28(20)21(29)9-8-19-16(3)22-17(4)26-27(5)23(22)25-24(19)30/h11-13,20H,6-10H2,1-5H3,(H,25,30). The Balaban J connectivity index is 1.56. The van der Waals surface area contributed by atoms with Gasteiger partial charge < -0.3 is 9.88 Å². The maximum atomic E-state index is 13.1. The lowest BCUT2D eigenvalue weighted by Gasteiger charge is -2.26. The molecule has 1 atom stereocenters. The van der Waals surface area contributed by atoms with E-state index in [4.69, 9.17) is 0 Å². The molecule has 3 aromatic rings. The third kappa shape index (κ3) is 3.55. The summed E-state index contributed by atoms with van der Waals surface area (Å²) < 4.78 is 1.70. The van der Waals surface area contributed by atoms with Gasteiger partial charge in [0.2, 0.25) is 5.91 Å². The van der Waals surface area contributed by atoms with Gasteiger partial charge in [0.05, 0.1) is 11.7 Å². The number of likely N-dealkylation sites (tertiary alicyclic amines) is 1. The number of carbonyl (C=O) groups excluding carboxylic acids is 1. The second kappa shape index (κ2) is 7.74. The molecule has 0 saturated carbocycles. The lowest BCUT2D eigenvalue weighted by Crippen LogP contribution is -2.31. The van der Waals surface area contributed by atoms with Crippen molar-refractivity contribution in [2.75, 3.05) is 6.54 Å². The normalized spacial score (nSPS) is 16.6. The average molecular weight is 407 g/mol. The molecule has 1 N–H and O–H groups in total. The van der Waals surface area contributed by atoms with Gasteiger partial charge in [-0.1, -0.05) is 29.3 Å². The van der Waals surface area contributed by atoms with Gasteiger partial charge in [-0.25, -0.2) is 0 Å². The molecular weight excluding hydrogens is 376 g/mol. The van der Waals surface area contributed by atoms with Crippen LogP contribution in [0.5, 0.6) is 0 Å². The van der Waals surface area contributed by atoms with Gasteiger partial charge in [0, 0.05) is 31.0 Å². The number of nitrogens with zero attached hydrogens (tertiary/aromatic N) is 3. The van der Waals surface area contributed by atoms with E-state index in [0.717, 1.165) is 41.7 Å². The van der Waals surface area contributed by atoms with Crippen LogP contribution in [-0.2, 0) is 18.3 Å². The fourth-order valence-electron chi connectivity index (χ4n) is 5.05. The SMILES string of the molecule is Cc1cc(C)cc(C2CCCN2C(=O)CCc2c(C)c3c(C)nn(C)c3[nH]c2=O)c1. The van der Waals surface area contributed by atoms with Crippen LogP contribution in [0.4, 0.5) is 0 Å². The fourth-order valence-corrected chi connectivity index (χ4v) is 5.05. The molecule has 0 radical (unpaired) electrons. The molecule has 0 bridgehead atoms. The van der Waals surface area contributed by atoms with E-state index in [1.54, 1.807) is 4.68 Å². The molecule has 1 amide bonds. The van der Waals surface area contributed by atoms with Crippen LogP contribution < -0.4 is 5.56 Å². The number of carbonyl (C=O) groups is 1. The number of amides is 1. The van der Waals surface area contributed by atoms with Crippen LogP contribution in [0.2, 0.25) is 0 Å². The van der Waals surface area contributed by atoms with Crippen molar-refractivity contribution < 1.29 is 4.79 Å². The molecule has 0 spiro atoms. The molecule has 1 aromatic carbocycles. The monoisotopic (exact) mass is 406 g/mol. The van der Waals surface area contributed by atoms with Crippen LogP contribution >= 0.6 is 0 Å². The van der Waals surface area contributed by atoms with Crippen molar-refractivity contribution in [3.05, 3.63) is 62.1 Å². The second-order valence-corrected chi connectivity index (χ2v) is 8.66. The highest BCUT2D eigenvalue weighted by molar-refractivity contribution is 5.83. The molecule has 2 aromatic heterocycles. The molecule has 1 unspecified atom stereocenters. The molecule has 30 heavy (non-hydrogen) atoms. The third-order valence-electron chi connectivity index (χ3n) is 6.35. The van der Waals surface area contributed by atoms with Crippen LogP contribution in [0.15, 0.2) is 23.0 Å². The van der Waals surface area contributed by atoms with Gasteiger partial charge in [0.15, 0.2) is 0 Å². The number of hydrogen-bond donors (Lipinski definition) is 1. The number of nitrogens with one attached hydrogen (secondary N) is 1. The van der Waals surface area contributed by atoms with E-state index in [2.05, 4.69) is 42.1 Å². The number of aromatic amines is 1. The lowest BCUT2D eigenvalue weighted by molar-refractivity contribution is -0.132. The molecule has 1 aliphatic heterocycles. The van der Waals surface area contributed by atoms with Crippen LogP contribution in [0.3, 0.4) is 0 Å². The minimum atomic E-state index is -0.122. The minimum absolute atomic E-state index is 0.122. The van der Waals surface area contributed by atoms with E-state index in [0.29, 0.717) is 18.4 Å². The zero-order chi connectivity index (χ0) is 21.6. The van der Waals surface area contributed by atoms with E-state index in [9.17, 15) is 9.59 Å². The number of hydrogen-bond acceptors (Lipinski definition) is 3. The molecule has 6 heteroatoms. The first kappa shape index (κ1) is 20.4. The summed E-state index contributed by atoms with van der Waals surface area (Å²) in [7, 11) is 1.83. The molecule has 1 saturated heterocycles. The van der Waals surface area contributed by atoms with Crippen molar-refractivity contribution >= 4 is 16.9 Å². The molecule has 3 heterocycles. The summed E-state index contributed by atoms with van der Waals surface area (Å²) in [6.07, 6.45) is 2.80. The van der Waals surface area contributed by atoms with Gasteiger partial charge in [-0.3, -0.25) is 14.3 Å². The summed E-state index contributed by atoms with van der Waals surface area (Å²) >= 11 is 0. The zero-order valence-electron chi connectivity index (χ0n) is 18.5. The van der Waals surface area contributed by atoms with Crippen molar-refractivity contribution in [1.82, 2.24) is 19.7 Å². The van der Waals surface area contributed by atoms with E-state index in [1.165, 1.54) is 16.7 Å². The van der Waals surface area contributed by atoms with Crippen molar-refractivity contribution in [2.24, 2.45) is 7.05 Å². The summed E-state index contributed by atoms with van der Waals surface area (Å²) in [5.74, 6) is 0.124. The smallest absolute Gasteiger partial charge is 0.253 e. The molecule has 0 aliphatic carbocycles. The van der Waals surface area contributed by atoms with Gasteiger partial charge in [-0.15, -0.1) is 0 Å². The summed E-state index contributed by atoms with van der Waals surface area (Å²) in [5, 5.41) is 5.40. The number of rotatable bonds is 4. The van der Waals surface area contributed by atoms with Crippen LogP contribution in [0.25, 0.3) is 11.0 Å². The van der Waals surface area contributed by atoms with E-state index in [-0.39, 0.29) is 17.5 Å². The van der Waals surface area contributed by atoms with Crippen LogP contribution in [-0.4, -0.2) is 32.1 Å². The maximum Gasteiger partial charge on any atom is 0.253 e. The Labute approximate surface area is 176 Å². The summed E-state index contributed by atoms with van der Waals surface area (Å²) in [5.41, 5.74) is 6.80. The Bertz CT molecular complexity index is 1170. The highest BCUT2D eigenvalue weighted by Gasteiger charge is 2.30. The van der Waals surface area contributed by atoms with Gasteiger partial charge >= 0.3 is 0 Å². The highest BCUT2D eigenvalue weighted by atomic mass is 16.2. The van der Waals surface area contributed by atoms with Gasteiger partial charge in [-0.2, -0.15) is 5.10 Å². The summed E-state index contributed by atoms with van der Waals surface area (Å²) in [4.78, 5) is 30.8. The fraction of sp³-hybridized carbons (Fsp3) is 0.458. The van der Waals surface area contributed by atoms with Crippen LogP contribution in [0, 0.1) is 27.7 Å². The predicted molar refractivity (Wildman–Crippen MR) is 119 cm³/mol. The van der Waals surface area contributed by atoms with Crippen molar-refractivity contribution in [3.63, 3.8) is 0 Å². The zero-order valence-corrected chi connectivity index (χ0v) is 18.5. The van der Waals surface area contributed by atoms with Crippen molar-refractivity contribution in [2.45, 2.75) is 59.4 Å². The minimum Gasteiger partial charge on any atom is -0.336 e. The van der Waals surface area contributed by atoms with Crippen LogP contribution in [0.1, 0.15) is 58.8 Å². The molecule has 6 nitrogen and oxygen atoms in total. The number of fused-ring (bicyclic) bond motifs is 1. The largest absolute Gasteiger partial charge is 0.336 e. The van der Waals surface area contributed by atoms with Gasteiger partial charge in [0.1, 0.15) is 5.65 Å². The molecular formula is C24H30N4O2. The quantitative estimate of drug-likeness (QED) is 0.717. The van der Waals surface area contributed by atoms with Gasteiger partial charge in [-0.05, 0) is 58.1 Å². The van der Waals surface area contributed by atoms with E-state index in [1.807, 2.05) is 25.8 Å². The number of aromatic nitrogens is 3. The predicted octanol–water partition coefficient (Wildman–Crippen LogP) is 3.79. The first-order valence-corrected chi connectivity index (χ1v) is 10.7. The Morgan fingerprint density at radius 1 is 1.17 bits per heavy atom. The van der Waals surface area contributed by atoms with Crippen molar-refractivity contribution in [3.8, 4) is 0 Å². The Kier molecular flexibility index (Phi) is 5.26. The molecule has 4 rings (SSSR count). The Hall–Kier alpha value is -2.89. The average Bonchev–Trinajstić information content (AvgIpc) is 3.25. The van der Waals surface area contributed by atoms with E-state index < -0.39 is 0 Å². The van der Waals surface area contributed by atoms with Crippen molar-refractivity contribution in [1.29, 1.82) is 0 Å². The topological polar surface area (TPSA) is 71.0 Å². The number of aryl methyl sites for hydroxylation is 5. The number of benzene rings is 1. The highest BCUT2D eigenvalue weighted by Crippen LogP contribution is 2.33.